The molecule has 0 saturated carbocycles. The second-order valence-corrected chi connectivity index (χ2v) is 8.18. The summed E-state index contributed by atoms with van der Waals surface area (Å²) in [6.07, 6.45) is 4.20. The number of hydrogen-bond acceptors (Lipinski definition) is 4. The highest BCUT2D eigenvalue weighted by Crippen LogP contribution is 2.34. The topological polar surface area (TPSA) is 55.8 Å². The molecule has 8 heteroatoms. The van der Waals surface area contributed by atoms with Crippen molar-refractivity contribution in [3.05, 3.63) is 35.6 Å². The van der Waals surface area contributed by atoms with Gasteiger partial charge in [0.25, 0.3) is 5.17 Å². The highest BCUT2D eigenvalue weighted by Gasteiger charge is 2.51. The summed E-state index contributed by atoms with van der Waals surface area (Å²) in [6, 6.07) is 6.10. The number of aliphatic hydroxyl groups is 1. The van der Waals surface area contributed by atoms with Crippen LogP contribution in [0.2, 0.25) is 0 Å². The molecule has 2 fully saturated rings. The van der Waals surface area contributed by atoms with Crippen LogP contribution in [0.4, 0.5) is 4.39 Å². The smallest absolute Gasteiger partial charge is 0.256 e. The third-order valence-electron chi connectivity index (χ3n) is 5.25. The van der Waals surface area contributed by atoms with Crippen LogP contribution in [0, 0.1) is 5.82 Å². The Morgan fingerprint density at radius 3 is 2.62 bits per heavy atom. The number of thiocarbonyl (C=S) groups is 1. The van der Waals surface area contributed by atoms with Crippen LogP contribution < -0.4 is 5.32 Å². The number of piperidine rings is 1. The lowest BCUT2D eigenvalue weighted by Gasteiger charge is -2.44. The number of carbonyl (C=O) groups excluding carboxylic acids is 1. The van der Waals surface area contributed by atoms with E-state index in [0.717, 1.165) is 17.7 Å². The van der Waals surface area contributed by atoms with Crippen LogP contribution in [-0.2, 0) is 11.3 Å². The molecule has 1 unspecified atom stereocenters. The van der Waals surface area contributed by atoms with Crippen LogP contribution in [-0.4, -0.2) is 62.8 Å². The fraction of sp³-hybridized carbons (Fsp3) is 0.556. The van der Waals surface area contributed by atoms with Gasteiger partial charge in [-0.05, 0) is 48.3 Å². The number of rotatable bonds is 5. The van der Waals surface area contributed by atoms with Crippen molar-refractivity contribution in [1.29, 1.82) is 0 Å². The highest BCUT2D eigenvalue weighted by molar-refractivity contribution is 7.98. The molecule has 2 aliphatic heterocycles. The van der Waals surface area contributed by atoms with Gasteiger partial charge in [-0.3, -0.25) is 10.1 Å². The summed E-state index contributed by atoms with van der Waals surface area (Å²) >= 11 is 6.60. The van der Waals surface area contributed by atoms with Crippen molar-refractivity contribution in [3.8, 4) is 0 Å². The van der Waals surface area contributed by atoms with E-state index in [1.54, 1.807) is 28.8 Å². The van der Waals surface area contributed by atoms with Crippen molar-refractivity contribution < 1.29 is 14.3 Å². The molecular formula is C18H24FN3O2S2. The molecule has 2 heterocycles. The predicted octanol–water partition coefficient (Wildman–Crippen LogP) is 2.51. The van der Waals surface area contributed by atoms with Crippen molar-refractivity contribution in [1.82, 2.24) is 15.1 Å². The van der Waals surface area contributed by atoms with E-state index in [1.807, 2.05) is 11.2 Å². The number of hydrogen-bond donors (Lipinski definition) is 2. The lowest BCUT2D eigenvalue weighted by molar-refractivity contribution is -0.134. The van der Waals surface area contributed by atoms with Gasteiger partial charge in [-0.25, -0.2) is 4.39 Å². The van der Waals surface area contributed by atoms with Crippen molar-refractivity contribution in [3.63, 3.8) is 0 Å². The standard InChI is InChI=1S/C18H24FN3O2S2/c1-26-11-6-15-16(23)22(12-13-2-4-14(19)5-3-13)18(20-15)7-9-21(10-8-18)17(24)25/h2-5,15,20H,6-12H2,1H3,(H,24,25). The first-order valence-electron chi connectivity index (χ1n) is 8.75. The van der Waals surface area contributed by atoms with Gasteiger partial charge in [-0.2, -0.15) is 11.8 Å². The zero-order chi connectivity index (χ0) is 18.7. The second-order valence-electron chi connectivity index (χ2n) is 6.83. The minimum Gasteiger partial charge on any atom is -0.487 e. The molecule has 5 nitrogen and oxygen atoms in total. The Morgan fingerprint density at radius 2 is 2.04 bits per heavy atom. The highest BCUT2D eigenvalue weighted by atomic mass is 32.2. The Labute approximate surface area is 162 Å². The molecule has 1 aromatic carbocycles. The molecule has 1 spiro atoms. The monoisotopic (exact) mass is 397 g/mol. The van der Waals surface area contributed by atoms with Crippen LogP contribution in [0.15, 0.2) is 24.3 Å². The summed E-state index contributed by atoms with van der Waals surface area (Å²) in [5, 5.41) is 13.1. The van der Waals surface area contributed by atoms with Gasteiger partial charge < -0.3 is 14.9 Å². The molecular weight excluding hydrogens is 373 g/mol. The van der Waals surface area contributed by atoms with Gasteiger partial charge in [0.1, 0.15) is 5.82 Å². The maximum atomic E-state index is 13.2. The van der Waals surface area contributed by atoms with Gasteiger partial charge >= 0.3 is 0 Å². The number of benzene rings is 1. The Balaban J connectivity index is 1.80. The maximum absolute atomic E-state index is 13.2. The normalized spacial score (nSPS) is 22.2. The van der Waals surface area contributed by atoms with E-state index in [2.05, 4.69) is 5.32 Å². The molecule has 1 aromatic rings. The van der Waals surface area contributed by atoms with Crippen molar-refractivity contribution in [2.24, 2.45) is 0 Å². The molecule has 2 N–H and O–H groups in total. The van der Waals surface area contributed by atoms with E-state index < -0.39 is 5.66 Å². The van der Waals surface area contributed by atoms with Gasteiger partial charge in [0.2, 0.25) is 5.91 Å². The van der Waals surface area contributed by atoms with Gasteiger partial charge in [-0.15, -0.1) is 0 Å². The van der Waals surface area contributed by atoms with E-state index in [-0.39, 0.29) is 22.9 Å². The number of carbonyl (C=O) groups is 1. The first-order valence-corrected chi connectivity index (χ1v) is 10.6. The van der Waals surface area contributed by atoms with E-state index in [1.165, 1.54) is 12.1 Å². The third kappa shape index (κ3) is 3.97. The summed E-state index contributed by atoms with van der Waals surface area (Å²) < 4.78 is 13.2. The number of aliphatic hydroxyl groups excluding tert-OH is 1. The largest absolute Gasteiger partial charge is 0.487 e. The number of amides is 1. The minimum absolute atomic E-state index is 0.0896. The molecule has 2 saturated heterocycles. The number of nitrogens with zero attached hydrogens (tertiary/aromatic N) is 2. The summed E-state index contributed by atoms with van der Waals surface area (Å²) in [7, 11) is 0. The summed E-state index contributed by atoms with van der Waals surface area (Å²) in [5.74, 6) is 0.733. The Morgan fingerprint density at radius 1 is 1.38 bits per heavy atom. The zero-order valence-corrected chi connectivity index (χ0v) is 16.4. The Hall–Kier alpha value is -1.38. The molecule has 1 amide bonds. The number of nitrogens with one attached hydrogen (secondary N) is 1. The first kappa shape index (κ1) is 19.4. The Kier molecular flexibility index (Phi) is 6.04. The van der Waals surface area contributed by atoms with Gasteiger partial charge in [0.15, 0.2) is 0 Å². The van der Waals surface area contributed by atoms with Crippen molar-refractivity contribution >= 4 is 35.1 Å². The van der Waals surface area contributed by atoms with E-state index in [9.17, 15) is 14.3 Å². The second kappa shape index (κ2) is 8.10. The molecule has 2 aliphatic rings. The number of thioether (sulfide) groups is 1. The first-order chi connectivity index (χ1) is 12.4. The molecule has 142 valence electrons. The molecule has 0 aliphatic carbocycles. The predicted molar refractivity (Wildman–Crippen MR) is 106 cm³/mol. The quantitative estimate of drug-likeness (QED) is 0.745. The van der Waals surface area contributed by atoms with Crippen LogP contribution in [0.1, 0.15) is 24.8 Å². The van der Waals surface area contributed by atoms with Crippen LogP contribution >= 0.6 is 24.0 Å². The van der Waals surface area contributed by atoms with Crippen molar-refractivity contribution in [2.45, 2.75) is 37.5 Å². The molecule has 0 aromatic heterocycles. The van der Waals surface area contributed by atoms with Crippen LogP contribution in [0.5, 0.6) is 0 Å². The van der Waals surface area contributed by atoms with Crippen LogP contribution in [0.25, 0.3) is 0 Å². The summed E-state index contributed by atoms with van der Waals surface area (Å²) in [5.41, 5.74) is 0.474. The molecule has 3 rings (SSSR count). The fourth-order valence-electron chi connectivity index (χ4n) is 3.78. The van der Waals surface area contributed by atoms with E-state index in [4.69, 9.17) is 12.2 Å². The van der Waals surface area contributed by atoms with Gasteiger partial charge in [0.05, 0.1) is 11.7 Å². The SMILES string of the molecule is CSCCC1NC2(CCN(C(O)=S)CC2)N(Cc2ccc(F)cc2)C1=O. The van der Waals surface area contributed by atoms with E-state index in [0.29, 0.717) is 32.5 Å². The molecule has 1 atom stereocenters. The maximum Gasteiger partial charge on any atom is 0.256 e. The third-order valence-corrected chi connectivity index (χ3v) is 6.15. The fourth-order valence-corrected chi connectivity index (χ4v) is 4.43. The van der Waals surface area contributed by atoms with Crippen molar-refractivity contribution in [2.75, 3.05) is 25.1 Å². The Bertz CT molecular complexity index is 663. The molecule has 0 bridgehead atoms. The van der Waals surface area contributed by atoms with Crippen LogP contribution in [0.3, 0.4) is 0 Å². The van der Waals surface area contributed by atoms with Gasteiger partial charge in [0, 0.05) is 32.5 Å². The molecule has 0 radical (unpaired) electrons. The number of likely N-dealkylation sites (tertiary alicyclic amines) is 1. The van der Waals surface area contributed by atoms with Gasteiger partial charge in [-0.1, -0.05) is 12.1 Å². The summed E-state index contributed by atoms with van der Waals surface area (Å²) in [6.45, 7) is 1.65. The number of halogens is 1. The average Bonchev–Trinajstić information content (AvgIpc) is 2.87. The average molecular weight is 398 g/mol. The lowest BCUT2D eigenvalue weighted by atomic mass is 9.95. The zero-order valence-electron chi connectivity index (χ0n) is 14.8. The van der Waals surface area contributed by atoms with E-state index >= 15 is 0 Å². The summed E-state index contributed by atoms with van der Waals surface area (Å²) in [4.78, 5) is 16.7. The lowest BCUT2D eigenvalue weighted by Crippen LogP contribution is -2.59. The molecule has 26 heavy (non-hydrogen) atoms. The minimum atomic E-state index is -0.435.